The van der Waals surface area contributed by atoms with E-state index in [0.29, 0.717) is 24.6 Å². The van der Waals surface area contributed by atoms with Crippen LogP contribution in [0.1, 0.15) is 12.8 Å². The molecule has 1 atom stereocenters. The average Bonchev–Trinajstić information content (AvgIpc) is 2.91. The summed E-state index contributed by atoms with van der Waals surface area (Å²) in [5.74, 6) is 0.871. The Balaban J connectivity index is 1.52. The largest absolute Gasteiger partial charge is 0.362 e. The first-order valence-corrected chi connectivity index (χ1v) is 11.8. The van der Waals surface area contributed by atoms with Gasteiger partial charge in [-0.1, -0.05) is 11.6 Å². The molecule has 0 aromatic heterocycles. The molecular formula is C16H22ClN3O3S3. The Hall–Kier alpha value is -1.03. The van der Waals surface area contributed by atoms with Gasteiger partial charge in [-0.15, -0.1) is 11.8 Å². The summed E-state index contributed by atoms with van der Waals surface area (Å²) in [6.45, 7) is 1.10. The van der Waals surface area contributed by atoms with Crippen molar-refractivity contribution in [2.24, 2.45) is 0 Å². The minimum Gasteiger partial charge on any atom is -0.362 e. The lowest BCUT2D eigenvalue weighted by Crippen LogP contribution is -2.40. The quantitative estimate of drug-likeness (QED) is 0.324. The van der Waals surface area contributed by atoms with E-state index >= 15 is 0 Å². The summed E-state index contributed by atoms with van der Waals surface area (Å²) in [4.78, 5) is 12.9. The molecule has 3 N–H and O–H groups in total. The van der Waals surface area contributed by atoms with Crippen molar-refractivity contribution in [2.45, 2.75) is 23.8 Å². The van der Waals surface area contributed by atoms with Crippen LogP contribution >= 0.6 is 35.6 Å². The fourth-order valence-corrected chi connectivity index (χ4v) is 5.20. The Kier molecular flexibility index (Phi) is 8.46. The number of amides is 1. The summed E-state index contributed by atoms with van der Waals surface area (Å²) in [6.07, 6.45) is 0.741. The van der Waals surface area contributed by atoms with Crippen molar-refractivity contribution in [1.29, 1.82) is 0 Å². The van der Waals surface area contributed by atoms with Crippen molar-refractivity contribution >= 4 is 56.4 Å². The van der Waals surface area contributed by atoms with Crippen LogP contribution in [0.2, 0.25) is 5.02 Å². The van der Waals surface area contributed by atoms with Crippen LogP contribution in [0.15, 0.2) is 29.2 Å². The molecule has 1 aromatic rings. The first-order valence-electron chi connectivity index (χ1n) is 8.24. The van der Waals surface area contributed by atoms with E-state index in [1.54, 1.807) is 11.8 Å². The number of nitrogens with one attached hydrogen (secondary N) is 3. The molecule has 6 nitrogen and oxygen atoms in total. The molecule has 1 aliphatic heterocycles. The maximum atomic E-state index is 11.8. The molecule has 26 heavy (non-hydrogen) atoms. The molecule has 0 saturated carbocycles. The highest BCUT2D eigenvalue weighted by Gasteiger charge is 2.28. The smallest absolute Gasteiger partial charge is 0.222 e. The average molecular weight is 436 g/mol. The fourth-order valence-electron chi connectivity index (χ4n) is 2.43. The third kappa shape index (κ3) is 8.11. The molecule has 144 valence electrons. The third-order valence-electron chi connectivity index (χ3n) is 3.71. The molecule has 10 heteroatoms. The Morgan fingerprint density at radius 2 is 1.92 bits per heavy atom. The second-order valence-electron chi connectivity index (χ2n) is 5.90. The van der Waals surface area contributed by atoms with Crippen LogP contribution in [0.25, 0.3) is 0 Å². The summed E-state index contributed by atoms with van der Waals surface area (Å²) in [7, 11) is -2.98. The van der Waals surface area contributed by atoms with Gasteiger partial charge in [-0.25, -0.2) is 8.42 Å². The maximum Gasteiger partial charge on any atom is 0.222 e. The van der Waals surface area contributed by atoms with Gasteiger partial charge in [0.15, 0.2) is 14.9 Å². The Morgan fingerprint density at radius 3 is 2.58 bits per heavy atom. The first-order chi connectivity index (χ1) is 12.3. The number of hydrogen-bond acceptors (Lipinski definition) is 5. The van der Waals surface area contributed by atoms with Crippen LogP contribution < -0.4 is 16.0 Å². The zero-order valence-corrected chi connectivity index (χ0v) is 17.4. The number of hydrogen-bond donors (Lipinski definition) is 3. The third-order valence-corrected chi connectivity index (χ3v) is 7.03. The molecule has 1 amide bonds. The molecule has 2 rings (SSSR count). The molecule has 0 aliphatic carbocycles. The number of sulfone groups is 1. The van der Waals surface area contributed by atoms with Crippen molar-refractivity contribution in [3.8, 4) is 0 Å². The summed E-state index contributed by atoms with van der Waals surface area (Å²) >= 11 is 12.7. The molecule has 1 fully saturated rings. The number of halogens is 1. The van der Waals surface area contributed by atoms with E-state index in [9.17, 15) is 13.2 Å². The molecule has 0 radical (unpaired) electrons. The first kappa shape index (κ1) is 21.3. The number of carbonyl (C=O) groups is 1. The molecule has 0 spiro atoms. The van der Waals surface area contributed by atoms with E-state index < -0.39 is 9.84 Å². The lowest BCUT2D eigenvalue weighted by Gasteiger charge is -2.12. The second kappa shape index (κ2) is 10.3. The molecule has 1 heterocycles. The molecular weight excluding hydrogens is 414 g/mol. The fraction of sp³-hybridized carbons (Fsp3) is 0.500. The van der Waals surface area contributed by atoms with Gasteiger partial charge in [0.25, 0.3) is 0 Å². The van der Waals surface area contributed by atoms with Gasteiger partial charge >= 0.3 is 0 Å². The lowest BCUT2D eigenvalue weighted by molar-refractivity contribution is -0.121. The topological polar surface area (TPSA) is 87.3 Å². The van der Waals surface area contributed by atoms with Gasteiger partial charge < -0.3 is 16.0 Å². The number of benzene rings is 1. The van der Waals surface area contributed by atoms with Crippen LogP contribution in [0.4, 0.5) is 0 Å². The van der Waals surface area contributed by atoms with Crippen LogP contribution in [-0.4, -0.2) is 55.8 Å². The molecule has 1 aromatic carbocycles. The second-order valence-corrected chi connectivity index (χ2v) is 10.1. The Labute approximate surface area is 168 Å². The minimum atomic E-state index is -2.98. The summed E-state index contributed by atoms with van der Waals surface area (Å²) in [5.41, 5.74) is 0. The van der Waals surface area contributed by atoms with Crippen LogP contribution in [-0.2, 0) is 14.6 Å². The van der Waals surface area contributed by atoms with E-state index in [1.165, 1.54) is 0 Å². The highest BCUT2D eigenvalue weighted by molar-refractivity contribution is 7.99. The number of rotatable bonds is 8. The van der Waals surface area contributed by atoms with Crippen LogP contribution in [0.3, 0.4) is 0 Å². The molecule has 1 aliphatic rings. The Bertz CT molecular complexity index is 726. The number of thioether (sulfide) groups is 1. The van der Waals surface area contributed by atoms with Crippen molar-refractivity contribution in [2.75, 3.05) is 30.3 Å². The van der Waals surface area contributed by atoms with Gasteiger partial charge in [0.1, 0.15) is 0 Å². The highest BCUT2D eigenvalue weighted by atomic mass is 35.5. The van der Waals surface area contributed by atoms with Crippen molar-refractivity contribution < 1.29 is 13.2 Å². The van der Waals surface area contributed by atoms with Gasteiger partial charge in [0.05, 0.1) is 11.5 Å². The predicted octanol–water partition coefficient (Wildman–Crippen LogP) is 1.59. The van der Waals surface area contributed by atoms with E-state index in [1.807, 2.05) is 24.3 Å². The summed E-state index contributed by atoms with van der Waals surface area (Å²) < 4.78 is 22.7. The lowest BCUT2D eigenvalue weighted by atomic mass is 10.2. The van der Waals surface area contributed by atoms with Crippen molar-refractivity contribution in [1.82, 2.24) is 16.0 Å². The standard InChI is InChI=1S/C16H22ClN3O3S3/c17-12-1-3-14(4-2-12)25-9-8-19-16(24)18-7-5-15(21)20-13-6-10-26(22,23)11-13/h1-4,13H,5-11H2,(H,20,21)(H2,18,19,24). The minimum absolute atomic E-state index is 0.0391. The summed E-state index contributed by atoms with van der Waals surface area (Å²) in [6, 6.07) is 7.39. The van der Waals surface area contributed by atoms with Gasteiger partial charge in [-0.05, 0) is 42.9 Å². The van der Waals surface area contributed by atoms with Gasteiger partial charge in [-0.3, -0.25) is 4.79 Å². The van der Waals surface area contributed by atoms with Crippen LogP contribution in [0, 0.1) is 0 Å². The van der Waals surface area contributed by atoms with E-state index in [4.69, 9.17) is 23.8 Å². The predicted molar refractivity (Wildman–Crippen MR) is 111 cm³/mol. The van der Waals surface area contributed by atoms with Gasteiger partial charge in [0.2, 0.25) is 5.91 Å². The van der Waals surface area contributed by atoms with Gasteiger partial charge in [0, 0.05) is 41.2 Å². The number of carbonyl (C=O) groups excluding carboxylic acids is 1. The van der Waals surface area contributed by atoms with Crippen LogP contribution in [0.5, 0.6) is 0 Å². The SMILES string of the molecule is O=C(CCNC(=S)NCCSc1ccc(Cl)cc1)NC1CCS(=O)(=O)C1. The van der Waals surface area contributed by atoms with E-state index in [2.05, 4.69) is 16.0 Å². The zero-order valence-electron chi connectivity index (χ0n) is 14.2. The monoisotopic (exact) mass is 435 g/mol. The zero-order chi connectivity index (χ0) is 19.0. The van der Waals surface area contributed by atoms with Crippen molar-refractivity contribution in [3.05, 3.63) is 29.3 Å². The van der Waals surface area contributed by atoms with E-state index in [0.717, 1.165) is 15.7 Å². The molecule has 0 bridgehead atoms. The Morgan fingerprint density at radius 1 is 1.23 bits per heavy atom. The van der Waals surface area contributed by atoms with Crippen molar-refractivity contribution in [3.63, 3.8) is 0 Å². The van der Waals surface area contributed by atoms with E-state index in [-0.39, 0.29) is 29.9 Å². The molecule has 1 saturated heterocycles. The molecule has 1 unspecified atom stereocenters. The highest BCUT2D eigenvalue weighted by Crippen LogP contribution is 2.19. The van der Waals surface area contributed by atoms with Gasteiger partial charge in [-0.2, -0.15) is 0 Å². The normalized spacial score (nSPS) is 18.3. The maximum absolute atomic E-state index is 11.8. The summed E-state index contributed by atoms with van der Waals surface area (Å²) in [5, 5.41) is 10.0. The number of thiocarbonyl (C=S) groups is 1.